The second-order valence-corrected chi connectivity index (χ2v) is 6.02. The van der Waals surface area contributed by atoms with Gasteiger partial charge in [-0.2, -0.15) is 0 Å². The lowest BCUT2D eigenvalue weighted by molar-refractivity contribution is -0.384. The highest BCUT2D eigenvalue weighted by Gasteiger charge is 2.39. The molecule has 1 N–H and O–H groups in total. The van der Waals surface area contributed by atoms with Crippen molar-refractivity contribution in [3.8, 4) is 0 Å². The summed E-state index contributed by atoms with van der Waals surface area (Å²) in [4.78, 5) is 10.5. The van der Waals surface area contributed by atoms with Gasteiger partial charge in [-0.15, -0.1) is 0 Å². The van der Waals surface area contributed by atoms with Crippen LogP contribution in [0.15, 0.2) is 24.3 Å². The van der Waals surface area contributed by atoms with Gasteiger partial charge >= 0.3 is 0 Å². The van der Waals surface area contributed by atoms with Gasteiger partial charge in [0.1, 0.15) is 0 Å². The van der Waals surface area contributed by atoms with E-state index in [1.165, 1.54) is 25.7 Å². The Morgan fingerprint density at radius 3 is 2.84 bits per heavy atom. The first-order valence-electron chi connectivity index (χ1n) is 7.14. The minimum atomic E-state index is -0.326. The molecule has 4 nitrogen and oxygen atoms in total. The molecule has 1 aromatic carbocycles. The van der Waals surface area contributed by atoms with Crippen molar-refractivity contribution in [3.05, 3.63) is 39.9 Å². The summed E-state index contributed by atoms with van der Waals surface area (Å²) in [5, 5.41) is 14.5. The van der Waals surface area contributed by atoms with E-state index in [0.717, 1.165) is 17.4 Å². The molecule has 0 radical (unpaired) electrons. The molecule has 0 aromatic heterocycles. The number of non-ortho nitro benzene ring substituents is 1. The Balaban J connectivity index is 1.68. The number of nitrogens with zero attached hydrogens (tertiary/aromatic N) is 1. The molecule has 2 saturated carbocycles. The highest BCUT2D eigenvalue weighted by atomic mass is 16.6. The van der Waals surface area contributed by atoms with Crippen molar-refractivity contribution >= 4 is 5.69 Å². The zero-order chi connectivity index (χ0) is 13.4. The minimum Gasteiger partial charge on any atom is -0.307 e. The fourth-order valence-corrected chi connectivity index (χ4v) is 3.77. The first-order chi connectivity index (χ1) is 9.13. The molecule has 0 saturated heterocycles. The molecule has 4 heteroatoms. The van der Waals surface area contributed by atoms with Crippen molar-refractivity contribution < 1.29 is 4.92 Å². The number of nitro groups is 1. The summed E-state index contributed by atoms with van der Waals surface area (Å²) >= 11 is 0. The summed E-state index contributed by atoms with van der Waals surface area (Å²) in [5.41, 5.74) is 1.19. The minimum absolute atomic E-state index is 0.180. The molecule has 2 aliphatic carbocycles. The number of benzene rings is 1. The monoisotopic (exact) mass is 260 g/mol. The van der Waals surface area contributed by atoms with Crippen LogP contribution >= 0.6 is 0 Å². The molecule has 19 heavy (non-hydrogen) atoms. The fourth-order valence-electron chi connectivity index (χ4n) is 3.77. The van der Waals surface area contributed by atoms with Crippen LogP contribution in [0.3, 0.4) is 0 Å². The molecule has 2 aliphatic rings. The molecule has 2 bridgehead atoms. The van der Waals surface area contributed by atoms with Gasteiger partial charge in [0.05, 0.1) is 4.92 Å². The lowest BCUT2D eigenvalue weighted by atomic mass is 9.94. The van der Waals surface area contributed by atoms with Gasteiger partial charge in [-0.3, -0.25) is 10.1 Å². The summed E-state index contributed by atoms with van der Waals surface area (Å²) in [7, 11) is 0. The number of hydrogen-bond donors (Lipinski definition) is 1. The van der Waals surface area contributed by atoms with Gasteiger partial charge in [-0.25, -0.2) is 0 Å². The molecule has 0 heterocycles. The maximum atomic E-state index is 10.8. The predicted octanol–water partition coefficient (Wildman–Crippen LogP) is 3.43. The van der Waals surface area contributed by atoms with Crippen molar-refractivity contribution in [2.75, 3.05) is 0 Å². The quantitative estimate of drug-likeness (QED) is 0.666. The van der Waals surface area contributed by atoms with Crippen molar-refractivity contribution in [3.63, 3.8) is 0 Å². The lowest BCUT2D eigenvalue weighted by Gasteiger charge is -2.27. The normalized spacial score (nSPS) is 30.5. The third-order valence-electron chi connectivity index (χ3n) is 4.78. The Morgan fingerprint density at radius 1 is 1.37 bits per heavy atom. The Hall–Kier alpha value is -1.42. The maximum Gasteiger partial charge on any atom is 0.269 e. The fraction of sp³-hybridized carbons (Fsp3) is 0.600. The number of fused-ring (bicyclic) bond motifs is 2. The highest BCUT2D eigenvalue weighted by Crippen LogP contribution is 2.45. The molecule has 2 fully saturated rings. The standard InChI is InChI=1S/C15H20N2O2/c1-10(12-3-2-4-14(9-12)17(18)19)16-15-8-11-5-6-13(15)7-11/h2-4,9-11,13,15-16H,5-8H2,1H3. The van der Waals surface area contributed by atoms with Crippen molar-refractivity contribution in [2.45, 2.75) is 44.7 Å². The summed E-state index contributed by atoms with van der Waals surface area (Å²) in [6, 6.07) is 7.76. The molecule has 4 atom stereocenters. The number of rotatable bonds is 4. The zero-order valence-corrected chi connectivity index (χ0v) is 11.2. The Morgan fingerprint density at radius 2 is 2.21 bits per heavy atom. The van der Waals surface area contributed by atoms with Crippen LogP contribution in [-0.4, -0.2) is 11.0 Å². The molecule has 1 aromatic rings. The molecule has 3 rings (SSSR count). The predicted molar refractivity (Wildman–Crippen MR) is 73.9 cm³/mol. The van der Waals surface area contributed by atoms with E-state index in [2.05, 4.69) is 12.2 Å². The van der Waals surface area contributed by atoms with E-state index in [4.69, 9.17) is 0 Å². The van der Waals surface area contributed by atoms with Crippen molar-refractivity contribution in [1.29, 1.82) is 0 Å². The van der Waals surface area contributed by atoms with E-state index in [0.29, 0.717) is 6.04 Å². The van der Waals surface area contributed by atoms with Gasteiger partial charge in [0.25, 0.3) is 5.69 Å². The number of nitro benzene ring substituents is 1. The van der Waals surface area contributed by atoms with Gasteiger partial charge in [0.15, 0.2) is 0 Å². The van der Waals surface area contributed by atoms with Crippen LogP contribution in [0.1, 0.15) is 44.2 Å². The van der Waals surface area contributed by atoms with Gasteiger partial charge < -0.3 is 5.32 Å². The molecular weight excluding hydrogens is 240 g/mol. The molecule has 4 unspecified atom stereocenters. The van der Waals surface area contributed by atoms with E-state index in [1.807, 2.05) is 6.07 Å². The average Bonchev–Trinajstić information content (AvgIpc) is 3.01. The summed E-state index contributed by atoms with van der Waals surface area (Å²) in [6.07, 6.45) is 5.40. The molecule has 0 amide bonds. The number of nitrogens with one attached hydrogen (secondary N) is 1. The average molecular weight is 260 g/mol. The third kappa shape index (κ3) is 2.50. The van der Waals surface area contributed by atoms with Crippen LogP contribution in [0, 0.1) is 22.0 Å². The van der Waals surface area contributed by atoms with Crippen LogP contribution < -0.4 is 5.32 Å². The van der Waals surface area contributed by atoms with Crippen LogP contribution in [-0.2, 0) is 0 Å². The lowest BCUT2D eigenvalue weighted by Crippen LogP contribution is -2.35. The summed E-state index contributed by atoms with van der Waals surface area (Å²) in [5.74, 6) is 1.74. The van der Waals surface area contributed by atoms with Crippen LogP contribution in [0.5, 0.6) is 0 Å². The Kier molecular flexibility index (Phi) is 3.27. The second kappa shape index (κ2) is 4.93. The molecule has 102 valence electrons. The SMILES string of the molecule is CC(NC1CC2CCC1C2)c1cccc([N+](=O)[O-])c1. The Labute approximate surface area is 113 Å². The van der Waals surface area contributed by atoms with Crippen LogP contribution in [0.25, 0.3) is 0 Å². The van der Waals surface area contributed by atoms with E-state index in [-0.39, 0.29) is 16.7 Å². The smallest absolute Gasteiger partial charge is 0.269 e. The van der Waals surface area contributed by atoms with Gasteiger partial charge in [-0.05, 0) is 43.6 Å². The molecular formula is C15H20N2O2. The third-order valence-corrected chi connectivity index (χ3v) is 4.78. The van der Waals surface area contributed by atoms with Crippen LogP contribution in [0.4, 0.5) is 5.69 Å². The van der Waals surface area contributed by atoms with E-state index >= 15 is 0 Å². The second-order valence-electron chi connectivity index (χ2n) is 6.02. The van der Waals surface area contributed by atoms with Gasteiger partial charge in [0.2, 0.25) is 0 Å². The van der Waals surface area contributed by atoms with Crippen molar-refractivity contribution in [2.24, 2.45) is 11.8 Å². The Bertz CT molecular complexity index is 489. The summed E-state index contributed by atoms with van der Waals surface area (Å²) in [6.45, 7) is 2.10. The van der Waals surface area contributed by atoms with E-state index in [9.17, 15) is 10.1 Å². The zero-order valence-electron chi connectivity index (χ0n) is 11.2. The number of hydrogen-bond acceptors (Lipinski definition) is 3. The molecule has 0 spiro atoms. The van der Waals surface area contributed by atoms with Gasteiger partial charge in [-0.1, -0.05) is 18.6 Å². The van der Waals surface area contributed by atoms with E-state index < -0.39 is 0 Å². The topological polar surface area (TPSA) is 55.2 Å². The summed E-state index contributed by atoms with van der Waals surface area (Å²) < 4.78 is 0. The van der Waals surface area contributed by atoms with Gasteiger partial charge in [0, 0.05) is 24.2 Å². The molecule has 0 aliphatic heterocycles. The van der Waals surface area contributed by atoms with Crippen LogP contribution in [0.2, 0.25) is 0 Å². The largest absolute Gasteiger partial charge is 0.307 e. The first-order valence-corrected chi connectivity index (χ1v) is 7.14. The van der Waals surface area contributed by atoms with E-state index in [1.54, 1.807) is 18.2 Å². The highest BCUT2D eigenvalue weighted by molar-refractivity contribution is 5.35. The van der Waals surface area contributed by atoms with Crippen molar-refractivity contribution in [1.82, 2.24) is 5.32 Å². The maximum absolute atomic E-state index is 10.8. The first kappa shape index (κ1) is 12.6.